The fourth-order valence-corrected chi connectivity index (χ4v) is 1.91. The summed E-state index contributed by atoms with van der Waals surface area (Å²) < 4.78 is 5.11. The van der Waals surface area contributed by atoms with Crippen LogP contribution in [0, 0.1) is 0 Å². The number of anilines is 1. The van der Waals surface area contributed by atoms with Crippen molar-refractivity contribution in [3.05, 3.63) is 28.8 Å². The number of carbonyl (C=O) groups is 1. The maximum atomic E-state index is 11.8. The minimum Gasteiger partial charge on any atom is -0.462 e. The van der Waals surface area contributed by atoms with Crippen LogP contribution in [0.3, 0.4) is 0 Å². The van der Waals surface area contributed by atoms with Gasteiger partial charge in [0.05, 0.1) is 12.2 Å². The molecule has 0 heterocycles. The monoisotopic (exact) mass is 235 g/mol. The average Bonchev–Trinajstić information content (AvgIpc) is 2.35. The lowest BCUT2D eigenvalue weighted by atomic mass is 9.97. The molecule has 3 nitrogen and oxygen atoms in total. The molecule has 0 bridgehead atoms. The van der Waals surface area contributed by atoms with E-state index in [0.29, 0.717) is 17.9 Å². The normalized spacial score (nSPS) is 10.3. The standard InChI is InChI=1S/C14H21NO2/c1-4-9-17-14(16)12-8-7-10(5-2)11(6-3)13(12)15/h7-8H,4-6,9,15H2,1-3H3. The number of carbonyl (C=O) groups excluding carboxylic acids is 1. The summed E-state index contributed by atoms with van der Waals surface area (Å²) in [6, 6.07) is 3.74. The van der Waals surface area contributed by atoms with Crippen LogP contribution in [-0.2, 0) is 17.6 Å². The molecule has 0 aliphatic carbocycles. The Morgan fingerprint density at radius 2 is 1.94 bits per heavy atom. The van der Waals surface area contributed by atoms with Crippen LogP contribution in [0.5, 0.6) is 0 Å². The Hall–Kier alpha value is -1.51. The largest absolute Gasteiger partial charge is 0.462 e. The summed E-state index contributed by atoms with van der Waals surface area (Å²) in [5, 5.41) is 0. The van der Waals surface area contributed by atoms with Gasteiger partial charge >= 0.3 is 5.97 Å². The summed E-state index contributed by atoms with van der Waals surface area (Å²) in [6.07, 6.45) is 2.58. The zero-order valence-electron chi connectivity index (χ0n) is 10.9. The first kappa shape index (κ1) is 13.6. The van der Waals surface area contributed by atoms with E-state index in [1.165, 1.54) is 5.56 Å². The van der Waals surface area contributed by atoms with Crippen LogP contribution < -0.4 is 5.73 Å². The zero-order valence-corrected chi connectivity index (χ0v) is 10.9. The molecule has 0 amide bonds. The Bertz CT molecular complexity index is 399. The fourth-order valence-electron chi connectivity index (χ4n) is 1.91. The molecule has 0 unspecified atom stereocenters. The summed E-state index contributed by atoms with van der Waals surface area (Å²) in [4.78, 5) is 11.8. The molecular weight excluding hydrogens is 214 g/mol. The van der Waals surface area contributed by atoms with Crippen LogP contribution in [0.25, 0.3) is 0 Å². The Balaban J connectivity index is 3.06. The van der Waals surface area contributed by atoms with E-state index in [-0.39, 0.29) is 5.97 Å². The van der Waals surface area contributed by atoms with Gasteiger partial charge in [-0.2, -0.15) is 0 Å². The molecule has 0 aliphatic rings. The second kappa shape index (κ2) is 6.28. The van der Waals surface area contributed by atoms with Crippen molar-refractivity contribution in [2.75, 3.05) is 12.3 Å². The zero-order chi connectivity index (χ0) is 12.8. The number of ether oxygens (including phenoxy) is 1. The average molecular weight is 235 g/mol. The number of rotatable bonds is 5. The highest BCUT2D eigenvalue weighted by Crippen LogP contribution is 2.23. The van der Waals surface area contributed by atoms with Gasteiger partial charge in [-0.1, -0.05) is 26.8 Å². The number of esters is 1. The summed E-state index contributed by atoms with van der Waals surface area (Å²) in [5.41, 5.74) is 9.39. The van der Waals surface area contributed by atoms with Crippen LogP contribution in [0.1, 0.15) is 48.7 Å². The van der Waals surface area contributed by atoms with Crippen molar-refractivity contribution in [1.29, 1.82) is 0 Å². The van der Waals surface area contributed by atoms with E-state index in [1.54, 1.807) is 6.07 Å². The van der Waals surface area contributed by atoms with Gasteiger partial charge < -0.3 is 10.5 Å². The lowest BCUT2D eigenvalue weighted by Gasteiger charge is -2.13. The third-order valence-electron chi connectivity index (χ3n) is 2.85. The molecule has 0 aliphatic heterocycles. The van der Waals surface area contributed by atoms with Gasteiger partial charge in [0.2, 0.25) is 0 Å². The molecule has 0 spiro atoms. The molecule has 0 fully saturated rings. The molecule has 0 saturated carbocycles. The fraction of sp³-hybridized carbons (Fsp3) is 0.500. The maximum absolute atomic E-state index is 11.8. The van der Waals surface area contributed by atoms with Gasteiger partial charge in [-0.25, -0.2) is 4.79 Å². The first-order valence-corrected chi connectivity index (χ1v) is 6.22. The van der Waals surface area contributed by atoms with Crippen molar-refractivity contribution < 1.29 is 9.53 Å². The summed E-state index contributed by atoms with van der Waals surface area (Å²) in [7, 11) is 0. The van der Waals surface area contributed by atoms with Gasteiger partial charge in [-0.05, 0) is 36.5 Å². The predicted molar refractivity (Wildman–Crippen MR) is 70.2 cm³/mol. The lowest BCUT2D eigenvalue weighted by molar-refractivity contribution is 0.0506. The molecule has 0 radical (unpaired) electrons. The molecule has 1 aromatic carbocycles. The number of hydrogen-bond acceptors (Lipinski definition) is 3. The molecule has 0 aromatic heterocycles. The molecule has 94 valence electrons. The molecule has 1 rings (SSSR count). The summed E-state index contributed by atoms with van der Waals surface area (Å²) in [5.74, 6) is -0.318. The van der Waals surface area contributed by atoms with E-state index in [1.807, 2.05) is 19.9 Å². The van der Waals surface area contributed by atoms with Gasteiger partial charge in [-0.3, -0.25) is 0 Å². The molecule has 3 heteroatoms. The van der Waals surface area contributed by atoms with E-state index in [2.05, 4.69) is 6.92 Å². The number of hydrogen-bond donors (Lipinski definition) is 1. The molecule has 2 N–H and O–H groups in total. The highest BCUT2D eigenvalue weighted by atomic mass is 16.5. The quantitative estimate of drug-likeness (QED) is 0.630. The second-order valence-corrected chi connectivity index (χ2v) is 4.01. The highest BCUT2D eigenvalue weighted by molar-refractivity contribution is 5.96. The topological polar surface area (TPSA) is 52.3 Å². The van der Waals surface area contributed by atoms with Crippen molar-refractivity contribution in [2.24, 2.45) is 0 Å². The molecule has 0 atom stereocenters. The van der Waals surface area contributed by atoms with Gasteiger partial charge in [0.15, 0.2) is 0 Å². The van der Waals surface area contributed by atoms with Crippen LogP contribution in [0.15, 0.2) is 12.1 Å². The van der Waals surface area contributed by atoms with E-state index >= 15 is 0 Å². The SMILES string of the molecule is CCCOC(=O)c1ccc(CC)c(CC)c1N. The minimum absolute atomic E-state index is 0.318. The number of nitrogen functional groups attached to an aromatic ring is 1. The van der Waals surface area contributed by atoms with Gasteiger partial charge in [0.1, 0.15) is 0 Å². The van der Waals surface area contributed by atoms with E-state index in [9.17, 15) is 4.79 Å². The third kappa shape index (κ3) is 2.99. The van der Waals surface area contributed by atoms with E-state index in [0.717, 1.165) is 24.8 Å². The Morgan fingerprint density at radius 1 is 1.24 bits per heavy atom. The van der Waals surface area contributed by atoms with Crippen molar-refractivity contribution in [3.63, 3.8) is 0 Å². The minimum atomic E-state index is -0.318. The number of nitrogens with two attached hydrogens (primary N) is 1. The molecular formula is C14H21NO2. The van der Waals surface area contributed by atoms with Gasteiger partial charge in [-0.15, -0.1) is 0 Å². The second-order valence-electron chi connectivity index (χ2n) is 4.01. The van der Waals surface area contributed by atoms with Crippen molar-refractivity contribution >= 4 is 11.7 Å². The summed E-state index contributed by atoms with van der Waals surface area (Å²) in [6.45, 7) is 6.54. The van der Waals surface area contributed by atoms with E-state index < -0.39 is 0 Å². The van der Waals surface area contributed by atoms with E-state index in [4.69, 9.17) is 10.5 Å². The van der Waals surface area contributed by atoms with Crippen molar-refractivity contribution in [1.82, 2.24) is 0 Å². The maximum Gasteiger partial charge on any atom is 0.340 e. The molecule has 0 saturated heterocycles. The number of benzene rings is 1. The first-order chi connectivity index (χ1) is 8.15. The van der Waals surface area contributed by atoms with Crippen LogP contribution >= 0.6 is 0 Å². The van der Waals surface area contributed by atoms with Crippen molar-refractivity contribution in [2.45, 2.75) is 40.0 Å². The number of aryl methyl sites for hydroxylation is 1. The highest BCUT2D eigenvalue weighted by Gasteiger charge is 2.15. The van der Waals surface area contributed by atoms with Crippen molar-refractivity contribution in [3.8, 4) is 0 Å². The molecule has 1 aromatic rings. The summed E-state index contributed by atoms with van der Waals surface area (Å²) >= 11 is 0. The smallest absolute Gasteiger partial charge is 0.340 e. The Kier molecular flexibility index (Phi) is 5.01. The Labute approximate surface area is 103 Å². The van der Waals surface area contributed by atoms with Crippen LogP contribution in [0.4, 0.5) is 5.69 Å². The lowest BCUT2D eigenvalue weighted by Crippen LogP contribution is -2.11. The Morgan fingerprint density at radius 3 is 2.47 bits per heavy atom. The third-order valence-corrected chi connectivity index (χ3v) is 2.85. The first-order valence-electron chi connectivity index (χ1n) is 6.22. The van der Waals surface area contributed by atoms with Crippen LogP contribution in [-0.4, -0.2) is 12.6 Å². The van der Waals surface area contributed by atoms with Gasteiger partial charge in [0, 0.05) is 5.69 Å². The van der Waals surface area contributed by atoms with Crippen LogP contribution in [0.2, 0.25) is 0 Å². The van der Waals surface area contributed by atoms with Gasteiger partial charge in [0.25, 0.3) is 0 Å². The molecule has 17 heavy (non-hydrogen) atoms. The predicted octanol–water partition coefficient (Wildman–Crippen LogP) is 2.96.